The second-order valence-corrected chi connectivity index (χ2v) is 8.23. The van der Waals surface area contributed by atoms with Gasteiger partial charge in [0.1, 0.15) is 0 Å². The summed E-state index contributed by atoms with van der Waals surface area (Å²) in [6.45, 7) is 13.4. The molecule has 124 valence electrons. The minimum Gasteiger partial charge on any atom is -0.0652 e. The Morgan fingerprint density at radius 3 is 1.08 bits per heavy atom. The Kier molecular flexibility index (Phi) is 5.35. The maximum atomic E-state index is 3.51. The molecule has 0 N–H and O–H groups in total. The summed E-state index contributed by atoms with van der Waals surface area (Å²) >= 11 is 0. The minimum absolute atomic E-state index is 0.00797. The van der Waals surface area contributed by atoms with Crippen LogP contribution in [0, 0.1) is 10.8 Å². The Bertz CT molecular complexity index is 696. The van der Waals surface area contributed by atoms with E-state index in [9.17, 15) is 0 Å². The highest BCUT2D eigenvalue weighted by atomic mass is 14.2. The van der Waals surface area contributed by atoms with E-state index in [1.807, 2.05) is 12.1 Å². The number of benzene rings is 2. The van der Waals surface area contributed by atoms with Crippen molar-refractivity contribution in [2.75, 3.05) is 0 Å². The fourth-order valence-corrected chi connectivity index (χ4v) is 2.72. The molecule has 0 aliphatic heterocycles. The molecule has 0 saturated carbocycles. The van der Waals surface area contributed by atoms with Crippen molar-refractivity contribution >= 4 is 11.1 Å². The van der Waals surface area contributed by atoms with Gasteiger partial charge in [-0.2, -0.15) is 0 Å². The Balaban J connectivity index is 2.77. The van der Waals surface area contributed by atoms with E-state index in [0.29, 0.717) is 0 Å². The first kappa shape index (κ1) is 18.1. The monoisotopic (exact) mass is 316 g/mol. The van der Waals surface area contributed by atoms with Crippen LogP contribution in [0.3, 0.4) is 0 Å². The van der Waals surface area contributed by atoms with E-state index in [2.05, 4.69) is 102 Å². The highest BCUT2D eigenvalue weighted by Crippen LogP contribution is 2.35. The number of rotatable bonds is 2. The lowest BCUT2D eigenvalue weighted by Crippen LogP contribution is -2.08. The highest BCUT2D eigenvalue weighted by molar-refractivity contribution is 5.73. The van der Waals surface area contributed by atoms with Crippen LogP contribution in [0.1, 0.15) is 52.7 Å². The van der Waals surface area contributed by atoms with E-state index >= 15 is 0 Å². The molecule has 2 rings (SSSR count). The van der Waals surface area contributed by atoms with Crippen LogP contribution in [0.25, 0.3) is 11.1 Å². The molecule has 0 aliphatic carbocycles. The molecule has 0 atom stereocenters. The van der Waals surface area contributed by atoms with Crippen LogP contribution in [0.2, 0.25) is 0 Å². The first-order chi connectivity index (χ1) is 11.2. The zero-order valence-corrected chi connectivity index (χ0v) is 15.8. The molecule has 0 saturated heterocycles. The standard InChI is InChI=1S/C24H28/c1-23(2,3)21(19-13-9-7-10-14-19)17-18-22(24(4,5)6)20-15-11-8-12-16-20/h7-16H,1-6H3. The maximum absolute atomic E-state index is 3.51. The summed E-state index contributed by atoms with van der Waals surface area (Å²) in [5.74, 6) is 0. The van der Waals surface area contributed by atoms with E-state index < -0.39 is 0 Å². The molecule has 0 bridgehead atoms. The van der Waals surface area contributed by atoms with Crippen LogP contribution < -0.4 is 0 Å². The Morgan fingerprint density at radius 2 is 0.833 bits per heavy atom. The maximum Gasteiger partial charge on any atom is 0.0150 e. The quantitative estimate of drug-likeness (QED) is 0.523. The summed E-state index contributed by atoms with van der Waals surface area (Å²) in [7, 11) is 0. The molecule has 0 aromatic heterocycles. The molecule has 0 nitrogen and oxygen atoms in total. The SMILES string of the molecule is CC(C)(C)C(=C=C=C(c1ccccc1)C(C)(C)C)c1ccccc1. The lowest BCUT2D eigenvalue weighted by Gasteiger charge is -2.22. The highest BCUT2D eigenvalue weighted by Gasteiger charge is 2.20. The Labute approximate surface area is 147 Å². The normalized spacial score (nSPS) is 11.4. The number of allylic oxidation sites excluding steroid dienone is 2. The van der Waals surface area contributed by atoms with Crippen LogP contribution in [-0.4, -0.2) is 0 Å². The van der Waals surface area contributed by atoms with Gasteiger partial charge in [0.05, 0.1) is 0 Å². The summed E-state index contributed by atoms with van der Waals surface area (Å²) < 4.78 is 0. The third-order valence-electron chi connectivity index (χ3n) is 3.94. The first-order valence-corrected chi connectivity index (χ1v) is 8.57. The van der Waals surface area contributed by atoms with Gasteiger partial charge >= 0.3 is 0 Å². The molecule has 0 heterocycles. The molecule has 0 unspecified atom stereocenters. The predicted octanol–water partition coefficient (Wildman–Crippen LogP) is 7.00. The van der Waals surface area contributed by atoms with Crippen LogP contribution in [0.4, 0.5) is 0 Å². The average molecular weight is 316 g/mol. The summed E-state index contributed by atoms with van der Waals surface area (Å²) in [5.41, 5.74) is 11.8. The molecule has 0 radical (unpaired) electrons. The van der Waals surface area contributed by atoms with Gasteiger partial charge in [0, 0.05) is 11.1 Å². The van der Waals surface area contributed by atoms with Crippen LogP contribution >= 0.6 is 0 Å². The summed E-state index contributed by atoms with van der Waals surface area (Å²) in [6, 6.07) is 21.0. The lowest BCUT2D eigenvalue weighted by molar-refractivity contribution is 0.565. The fourth-order valence-electron chi connectivity index (χ4n) is 2.72. The van der Waals surface area contributed by atoms with Gasteiger partial charge in [-0.25, -0.2) is 0 Å². The van der Waals surface area contributed by atoms with Crippen LogP contribution in [-0.2, 0) is 0 Å². The topological polar surface area (TPSA) is 0 Å². The fraction of sp³-hybridized carbons (Fsp3) is 0.333. The van der Waals surface area contributed by atoms with Crippen molar-refractivity contribution in [2.45, 2.75) is 41.5 Å². The third kappa shape index (κ3) is 4.62. The number of hydrogen-bond donors (Lipinski definition) is 0. The van der Waals surface area contributed by atoms with Crippen molar-refractivity contribution in [3.05, 3.63) is 83.3 Å². The van der Waals surface area contributed by atoms with Crippen molar-refractivity contribution in [3.63, 3.8) is 0 Å². The molecule has 0 aliphatic rings. The zero-order chi connectivity index (χ0) is 17.8. The third-order valence-corrected chi connectivity index (χ3v) is 3.94. The van der Waals surface area contributed by atoms with E-state index in [4.69, 9.17) is 0 Å². The van der Waals surface area contributed by atoms with Gasteiger partial charge in [-0.1, -0.05) is 114 Å². The van der Waals surface area contributed by atoms with Crippen LogP contribution in [0.5, 0.6) is 0 Å². The lowest BCUT2D eigenvalue weighted by atomic mass is 9.81. The zero-order valence-electron chi connectivity index (χ0n) is 15.8. The van der Waals surface area contributed by atoms with Gasteiger partial charge in [0.2, 0.25) is 0 Å². The average Bonchev–Trinajstić information content (AvgIpc) is 2.51. The van der Waals surface area contributed by atoms with Gasteiger partial charge in [-0.15, -0.1) is 0 Å². The molecular formula is C24H28. The molecular weight excluding hydrogens is 288 g/mol. The molecule has 0 amide bonds. The first-order valence-electron chi connectivity index (χ1n) is 8.57. The summed E-state index contributed by atoms with van der Waals surface area (Å²) in [5, 5.41) is 0. The number of hydrogen-bond acceptors (Lipinski definition) is 0. The molecule has 0 fully saturated rings. The van der Waals surface area contributed by atoms with Crippen molar-refractivity contribution in [3.8, 4) is 0 Å². The predicted molar refractivity (Wildman–Crippen MR) is 106 cm³/mol. The second-order valence-electron chi connectivity index (χ2n) is 8.23. The van der Waals surface area contributed by atoms with E-state index in [-0.39, 0.29) is 10.8 Å². The molecule has 2 aromatic carbocycles. The molecule has 24 heavy (non-hydrogen) atoms. The molecule has 0 heteroatoms. The van der Waals surface area contributed by atoms with Gasteiger partial charge in [0.25, 0.3) is 0 Å². The van der Waals surface area contributed by atoms with Gasteiger partial charge in [-0.05, 0) is 22.0 Å². The van der Waals surface area contributed by atoms with Gasteiger partial charge in [-0.3, -0.25) is 0 Å². The van der Waals surface area contributed by atoms with Gasteiger partial charge in [0.15, 0.2) is 0 Å². The van der Waals surface area contributed by atoms with E-state index in [1.165, 1.54) is 22.3 Å². The van der Waals surface area contributed by atoms with E-state index in [1.54, 1.807) is 0 Å². The van der Waals surface area contributed by atoms with Crippen molar-refractivity contribution in [1.82, 2.24) is 0 Å². The Morgan fingerprint density at radius 1 is 0.542 bits per heavy atom. The smallest absolute Gasteiger partial charge is 0.0150 e. The second kappa shape index (κ2) is 7.10. The van der Waals surface area contributed by atoms with Gasteiger partial charge < -0.3 is 0 Å². The summed E-state index contributed by atoms with van der Waals surface area (Å²) in [6.07, 6.45) is 0. The Hall–Kier alpha value is -2.26. The van der Waals surface area contributed by atoms with Crippen molar-refractivity contribution in [1.29, 1.82) is 0 Å². The van der Waals surface area contributed by atoms with Crippen molar-refractivity contribution in [2.24, 2.45) is 10.8 Å². The van der Waals surface area contributed by atoms with E-state index in [0.717, 1.165) is 0 Å². The van der Waals surface area contributed by atoms with Crippen LogP contribution in [0.15, 0.2) is 72.1 Å². The molecule has 2 aromatic rings. The molecule has 0 spiro atoms. The largest absolute Gasteiger partial charge is 0.0652 e. The minimum atomic E-state index is 0.00797. The summed E-state index contributed by atoms with van der Waals surface area (Å²) in [4.78, 5) is 0. The van der Waals surface area contributed by atoms with Crippen molar-refractivity contribution < 1.29 is 0 Å².